The van der Waals surface area contributed by atoms with E-state index in [0.29, 0.717) is 35.3 Å². The van der Waals surface area contributed by atoms with Crippen LogP contribution in [0.3, 0.4) is 0 Å². The number of aromatic hydroxyl groups is 1. The summed E-state index contributed by atoms with van der Waals surface area (Å²) in [6.07, 6.45) is 6.05. The van der Waals surface area contributed by atoms with E-state index >= 15 is 0 Å². The summed E-state index contributed by atoms with van der Waals surface area (Å²) in [6.45, 7) is 4.52. The highest BCUT2D eigenvalue weighted by Crippen LogP contribution is 2.49. The number of phenolic OH excluding ortho intramolecular Hbond substituents is 1. The minimum atomic E-state index is -0.256. The molecule has 0 amide bonds. The van der Waals surface area contributed by atoms with Crippen molar-refractivity contribution < 1.29 is 19.4 Å². The topological polar surface area (TPSA) is 68.1 Å². The summed E-state index contributed by atoms with van der Waals surface area (Å²) in [7, 11) is 0. The fourth-order valence-corrected chi connectivity index (χ4v) is 5.01. The highest BCUT2D eigenvalue weighted by atomic mass is 32.2. The van der Waals surface area contributed by atoms with Gasteiger partial charge < -0.3 is 14.6 Å². The molecule has 1 fully saturated rings. The molecular formula is C20H25NO4S. The van der Waals surface area contributed by atoms with E-state index in [2.05, 4.69) is 4.99 Å². The molecule has 1 N–H and O–H groups in total. The smallest absolute Gasteiger partial charge is 0.337 e. The third kappa shape index (κ3) is 3.90. The third-order valence-electron chi connectivity index (χ3n) is 4.71. The molecule has 3 rings (SSSR count). The Morgan fingerprint density at radius 1 is 1.31 bits per heavy atom. The first-order chi connectivity index (χ1) is 12.7. The predicted octanol–water partition coefficient (Wildman–Crippen LogP) is 4.29. The normalized spacial score (nSPS) is 22.5. The number of fused-ring (bicyclic) bond motifs is 1. The van der Waals surface area contributed by atoms with Crippen molar-refractivity contribution in [3.8, 4) is 11.5 Å². The molecule has 1 saturated carbocycles. The van der Waals surface area contributed by atoms with Crippen molar-refractivity contribution in [2.24, 2.45) is 10.9 Å². The fourth-order valence-electron chi connectivity index (χ4n) is 3.52. The molecule has 140 valence electrons. The van der Waals surface area contributed by atoms with Gasteiger partial charge in [0, 0.05) is 22.9 Å². The van der Waals surface area contributed by atoms with Crippen molar-refractivity contribution in [2.45, 2.75) is 44.8 Å². The Bertz CT molecular complexity index is 729. The van der Waals surface area contributed by atoms with Crippen LogP contribution >= 0.6 is 11.8 Å². The van der Waals surface area contributed by atoms with Crippen LogP contribution in [-0.2, 0) is 9.53 Å². The Hall–Kier alpha value is -1.95. The van der Waals surface area contributed by atoms with Crippen LogP contribution in [0.4, 0.5) is 0 Å². The Balaban J connectivity index is 1.90. The second-order valence-electron chi connectivity index (χ2n) is 6.37. The zero-order valence-corrected chi connectivity index (χ0v) is 16.1. The van der Waals surface area contributed by atoms with Crippen LogP contribution in [0.1, 0.15) is 45.1 Å². The molecule has 0 spiro atoms. The number of aliphatic imine (C=N–C) groups is 1. The fraction of sp³-hybridized carbons (Fsp3) is 0.500. The predicted molar refractivity (Wildman–Crippen MR) is 104 cm³/mol. The average molecular weight is 375 g/mol. The summed E-state index contributed by atoms with van der Waals surface area (Å²) in [5, 5.41) is 11.5. The molecule has 1 aromatic rings. The van der Waals surface area contributed by atoms with Gasteiger partial charge in [-0.05, 0) is 38.8 Å². The quantitative estimate of drug-likeness (QED) is 0.593. The molecule has 5 nitrogen and oxygen atoms in total. The van der Waals surface area contributed by atoms with Gasteiger partial charge in [-0.25, -0.2) is 9.79 Å². The van der Waals surface area contributed by atoms with Gasteiger partial charge in [0.25, 0.3) is 0 Å². The van der Waals surface area contributed by atoms with Gasteiger partial charge in [-0.1, -0.05) is 18.9 Å². The van der Waals surface area contributed by atoms with Crippen LogP contribution in [0, 0.1) is 5.92 Å². The van der Waals surface area contributed by atoms with Gasteiger partial charge in [0.15, 0.2) is 11.5 Å². The molecule has 1 heterocycles. The van der Waals surface area contributed by atoms with Crippen LogP contribution < -0.4 is 4.74 Å². The number of esters is 1. The summed E-state index contributed by atoms with van der Waals surface area (Å²) in [4.78, 5) is 17.1. The lowest BCUT2D eigenvalue weighted by Crippen LogP contribution is -2.24. The molecule has 1 aromatic carbocycles. The van der Waals surface area contributed by atoms with Crippen molar-refractivity contribution in [1.29, 1.82) is 0 Å². The number of rotatable bonds is 6. The zero-order chi connectivity index (χ0) is 18.5. The molecule has 1 aliphatic carbocycles. The van der Waals surface area contributed by atoms with E-state index in [0.717, 1.165) is 24.3 Å². The number of hydrogen-bond acceptors (Lipinski definition) is 6. The second-order valence-corrected chi connectivity index (χ2v) is 7.60. The van der Waals surface area contributed by atoms with Gasteiger partial charge >= 0.3 is 5.97 Å². The second kappa shape index (κ2) is 8.62. The molecular weight excluding hydrogens is 350 g/mol. The van der Waals surface area contributed by atoms with Gasteiger partial charge in [0.2, 0.25) is 0 Å². The number of carbonyl (C=O) groups is 1. The minimum Gasteiger partial charge on any atom is -0.504 e. The zero-order valence-electron chi connectivity index (χ0n) is 15.2. The van der Waals surface area contributed by atoms with E-state index in [1.54, 1.807) is 30.1 Å². The molecule has 0 unspecified atom stereocenters. The molecule has 2 atom stereocenters. The van der Waals surface area contributed by atoms with Crippen LogP contribution in [0.2, 0.25) is 0 Å². The minimum absolute atomic E-state index is 0.0665. The summed E-state index contributed by atoms with van der Waals surface area (Å²) in [6, 6.07) is 5.31. The lowest BCUT2D eigenvalue weighted by Gasteiger charge is -2.25. The lowest BCUT2D eigenvalue weighted by molar-refractivity contribution is -0.139. The standard InChI is InChI=1S/C20H25NO4S/c1-3-24-15-10-7-8-13(18(15)22)12-21-19-17(20(23)25-4-2)14-9-5-6-11-16(14)26-19/h7-8,10,12,14,16,22H,3-6,9,11H2,1-2H3/t14-,16-/m1/s1. The highest BCUT2D eigenvalue weighted by Gasteiger charge is 2.41. The van der Waals surface area contributed by atoms with Crippen molar-refractivity contribution in [1.82, 2.24) is 0 Å². The molecule has 26 heavy (non-hydrogen) atoms. The summed E-state index contributed by atoms with van der Waals surface area (Å²) < 4.78 is 10.7. The summed E-state index contributed by atoms with van der Waals surface area (Å²) >= 11 is 1.66. The number of carbonyl (C=O) groups excluding carboxylic acids is 1. The number of benzene rings is 1. The van der Waals surface area contributed by atoms with Crippen molar-refractivity contribution >= 4 is 23.9 Å². The Morgan fingerprint density at radius 3 is 2.88 bits per heavy atom. The lowest BCUT2D eigenvalue weighted by atomic mass is 9.84. The molecule has 2 aliphatic rings. The molecule has 0 bridgehead atoms. The van der Waals surface area contributed by atoms with Crippen LogP contribution in [0.25, 0.3) is 0 Å². The van der Waals surface area contributed by atoms with Crippen molar-refractivity contribution in [3.63, 3.8) is 0 Å². The molecule has 1 aliphatic heterocycles. The highest BCUT2D eigenvalue weighted by molar-refractivity contribution is 8.04. The van der Waals surface area contributed by atoms with Gasteiger partial charge in [0.05, 0.1) is 18.8 Å². The van der Waals surface area contributed by atoms with Crippen LogP contribution in [-0.4, -0.2) is 35.8 Å². The molecule has 0 radical (unpaired) electrons. The van der Waals surface area contributed by atoms with Crippen molar-refractivity contribution in [2.75, 3.05) is 13.2 Å². The molecule has 0 aromatic heterocycles. The Morgan fingerprint density at radius 2 is 2.12 bits per heavy atom. The SMILES string of the molecule is CCOC(=O)C1=C(N=Cc2cccc(OCC)c2O)S[C@@H]2CCCC[C@@H]12. The summed E-state index contributed by atoms with van der Waals surface area (Å²) in [5.41, 5.74) is 1.28. The number of phenols is 1. The third-order valence-corrected chi connectivity index (χ3v) is 6.13. The first kappa shape index (κ1) is 18.8. The van der Waals surface area contributed by atoms with Gasteiger partial charge in [-0.3, -0.25) is 0 Å². The van der Waals surface area contributed by atoms with Crippen LogP contribution in [0.15, 0.2) is 33.8 Å². The molecule has 6 heteroatoms. The maximum absolute atomic E-state index is 12.5. The monoisotopic (exact) mass is 375 g/mol. The van der Waals surface area contributed by atoms with E-state index in [-0.39, 0.29) is 17.6 Å². The average Bonchev–Trinajstić information content (AvgIpc) is 3.01. The maximum Gasteiger partial charge on any atom is 0.337 e. The number of para-hydroxylation sites is 1. The first-order valence-corrected chi connectivity index (χ1v) is 10.1. The van der Waals surface area contributed by atoms with E-state index in [9.17, 15) is 9.90 Å². The van der Waals surface area contributed by atoms with E-state index < -0.39 is 0 Å². The van der Waals surface area contributed by atoms with E-state index in [1.807, 2.05) is 19.9 Å². The largest absolute Gasteiger partial charge is 0.504 e. The number of ether oxygens (including phenoxy) is 2. The number of thioether (sulfide) groups is 1. The van der Waals surface area contributed by atoms with E-state index in [4.69, 9.17) is 9.47 Å². The van der Waals surface area contributed by atoms with Gasteiger partial charge in [-0.2, -0.15) is 0 Å². The van der Waals surface area contributed by atoms with Crippen molar-refractivity contribution in [3.05, 3.63) is 34.4 Å². The first-order valence-electron chi connectivity index (χ1n) is 9.22. The molecule has 0 saturated heterocycles. The Kier molecular flexibility index (Phi) is 6.25. The summed E-state index contributed by atoms with van der Waals surface area (Å²) in [5.74, 6) is 0.470. The Labute approximate surface area is 158 Å². The van der Waals surface area contributed by atoms with E-state index in [1.165, 1.54) is 6.42 Å². The maximum atomic E-state index is 12.5. The number of nitrogens with zero attached hydrogens (tertiary/aromatic N) is 1. The van der Waals surface area contributed by atoms with Gasteiger partial charge in [-0.15, -0.1) is 11.8 Å². The number of hydrogen-bond donors (Lipinski definition) is 1. The van der Waals surface area contributed by atoms with Gasteiger partial charge in [0.1, 0.15) is 5.03 Å². The van der Waals surface area contributed by atoms with Crippen LogP contribution in [0.5, 0.6) is 11.5 Å².